The molecule has 0 saturated heterocycles. The second-order valence-corrected chi connectivity index (χ2v) is 1.32. The molecule has 0 heterocycles. The average molecular weight is 157 g/mol. The number of carbonyl (C=O) groups is 2. The molecule has 0 aliphatic heterocycles. The molecule has 0 aliphatic rings. The third-order valence-corrected chi connectivity index (χ3v) is 0.483. The molecule has 2 N–H and O–H groups in total. The maximum Gasteiger partial charge on any atom is 0.293 e. The van der Waals surface area contributed by atoms with Crippen LogP contribution < -0.4 is 5.73 Å². The standard InChI is InChI=1S/C4H6O2.C3H5NO/c1-2-3-6-4-5;1-2-3(4)5/h2,4H,1,3H2;2H,1H2,(H2,4,5). The molecule has 0 aromatic heterocycles. The summed E-state index contributed by atoms with van der Waals surface area (Å²) in [6.07, 6.45) is 2.56. The van der Waals surface area contributed by atoms with Crippen LogP contribution in [0.25, 0.3) is 0 Å². The first-order chi connectivity index (χ1) is 5.18. The van der Waals surface area contributed by atoms with Gasteiger partial charge in [-0.3, -0.25) is 9.59 Å². The van der Waals surface area contributed by atoms with E-state index in [-0.39, 0.29) is 0 Å². The van der Waals surface area contributed by atoms with E-state index in [1.807, 2.05) is 0 Å². The van der Waals surface area contributed by atoms with E-state index >= 15 is 0 Å². The van der Waals surface area contributed by atoms with Crippen molar-refractivity contribution in [3.8, 4) is 0 Å². The van der Waals surface area contributed by atoms with E-state index in [0.29, 0.717) is 13.1 Å². The van der Waals surface area contributed by atoms with Crippen LogP contribution in [-0.2, 0) is 14.3 Å². The zero-order chi connectivity index (χ0) is 9.11. The lowest BCUT2D eigenvalue weighted by Gasteiger charge is -1.82. The van der Waals surface area contributed by atoms with E-state index < -0.39 is 5.91 Å². The van der Waals surface area contributed by atoms with Crippen molar-refractivity contribution >= 4 is 12.4 Å². The van der Waals surface area contributed by atoms with E-state index in [0.717, 1.165) is 6.08 Å². The Labute approximate surface area is 65.3 Å². The van der Waals surface area contributed by atoms with Gasteiger partial charge in [-0.05, 0) is 6.08 Å². The monoisotopic (exact) mass is 157 g/mol. The van der Waals surface area contributed by atoms with Crippen LogP contribution in [0.4, 0.5) is 0 Å². The van der Waals surface area contributed by atoms with Gasteiger partial charge in [0.2, 0.25) is 5.91 Å². The third-order valence-electron chi connectivity index (χ3n) is 0.483. The summed E-state index contributed by atoms with van der Waals surface area (Å²) in [5, 5.41) is 0. The number of rotatable bonds is 4. The molecule has 0 saturated carbocycles. The van der Waals surface area contributed by atoms with E-state index in [1.165, 1.54) is 6.08 Å². The summed E-state index contributed by atoms with van der Waals surface area (Å²) >= 11 is 0. The van der Waals surface area contributed by atoms with Gasteiger partial charge in [-0.1, -0.05) is 19.2 Å². The molecule has 4 heteroatoms. The number of hydrogen-bond donors (Lipinski definition) is 1. The van der Waals surface area contributed by atoms with Crippen LogP contribution in [0.1, 0.15) is 0 Å². The minimum Gasteiger partial charge on any atom is -0.464 e. The molecule has 0 spiro atoms. The van der Waals surface area contributed by atoms with Crippen LogP contribution >= 0.6 is 0 Å². The summed E-state index contributed by atoms with van der Waals surface area (Å²) in [6.45, 7) is 7.10. The normalized spacial score (nSPS) is 6.55. The molecule has 0 fully saturated rings. The number of carbonyl (C=O) groups excluding carboxylic acids is 2. The first-order valence-electron chi connectivity index (χ1n) is 2.77. The van der Waals surface area contributed by atoms with Gasteiger partial charge in [0, 0.05) is 0 Å². The molecule has 0 unspecified atom stereocenters. The molecule has 1 amide bonds. The summed E-state index contributed by atoms with van der Waals surface area (Å²) in [5.74, 6) is -0.481. The van der Waals surface area contributed by atoms with Gasteiger partial charge in [-0.2, -0.15) is 0 Å². The van der Waals surface area contributed by atoms with Crippen LogP contribution in [0.5, 0.6) is 0 Å². The second-order valence-electron chi connectivity index (χ2n) is 1.32. The zero-order valence-electron chi connectivity index (χ0n) is 6.16. The van der Waals surface area contributed by atoms with Gasteiger partial charge in [0.1, 0.15) is 6.61 Å². The highest BCUT2D eigenvalue weighted by Gasteiger charge is 1.69. The van der Waals surface area contributed by atoms with Crippen molar-refractivity contribution in [2.45, 2.75) is 0 Å². The molecular weight excluding hydrogens is 146 g/mol. The first kappa shape index (κ1) is 12.1. The third kappa shape index (κ3) is 29.7. The number of ether oxygens (including phenoxy) is 1. The van der Waals surface area contributed by atoms with Crippen molar-refractivity contribution in [2.75, 3.05) is 6.61 Å². The quantitative estimate of drug-likeness (QED) is 0.270. The van der Waals surface area contributed by atoms with Crippen LogP contribution in [0.15, 0.2) is 25.3 Å². The van der Waals surface area contributed by atoms with Gasteiger partial charge in [0.25, 0.3) is 6.47 Å². The smallest absolute Gasteiger partial charge is 0.293 e. The summed E-state index contributed by atoms with van der Waals surface area (Å²) in [5.41, 5.74) is 4.53. The predicted molar refractivity (Wildman–Crippen MR) is 41.6 cm³/mol. The minimum atomic E-state index is -0.481. The number of amides is 1. The molecule has 0 atom stereocenters. The summed E-state index contributed by atoms with van der Waals surface area (Å²) in [6, 6.07) is 0. The fourth-order valence-corrected chi connectivity index (χ4v) is 0.107. The number of hydrogen-bond acceptors (Lipinski definition) is 3. The highest BCUT2D eigenvalue weighted by molar-refractivity contribution is 5.84. The molecule has 0 aliphatic carbocycles. The lowest BCUT2D eigenvalue weighted by Crippen LogP contribution is -2.04. The van der Waals surface area contributed by atoms with E-state index in [1.54, 1.807) is 0 Å². The van der Waals surface area contributed by atoms with Crippen molar-refractivity contribution in [1.29, 1.82) is 0 Å². The Morgan fingerprint density at radius 3 is 2.09 bits per heavy atom. The predicted octanol–water partition coefficient (Wildman–Crippen LogP) is 0.00310. The Balaban J connectivity index is 0. The highest BCUT2D eigenvalue weighted by atomic mass is 16.5. The highest BCUT2D eigenvalue weighted by Crippen LogP contribution is 1.62. The van der Waals surface area contributed by atoms with Crippen LogP contribution in [-0.4, -0.2) is 19.0 Å². The van der Waals surface area contributed by atoms with Gasteiger partial charge in [0.05, 0.1) is 0 Å². The van der Waals surface area contributed by atoms with E-state index in [4.69, 9.17) is 0 Å². The SMILES string of the molecule is C=CC(N)=O.C=CCOC=O. The average Bonchev–Trinajstić information content (AvgIpc) is 2.02. The van der Waals surface area contributed by atoms with E-state index in [9.17, 15) is 9.59 Å². The molecule has 4 nitrogen and oxygen atoms in total. The van der Waals surface area contributed by atoms with Crippen molar-refractivity contribution in [2.24, 2.45) is 5.73 Å². The molecule has 0 bridgehead atoms. The molecule has 62 valence electrons. The van der Waals surface area contributed by atoms with E-state index in [2.05, 4.69) is 23.6 Å². The van der Waals surface area contributed by atoms with Crippen LogP contribution in [0.2, 0.25) is 0 Å². The maximum atomic E-state index is 9.47. The Morgan fingerprint density at radius 1 is 1.55 bits per heavy atom. The van der Waals surface area contributed by atoms with Gasteiger partial charge < -0.3 is 10.5 Å². The van der Waals surface area contributed by atoms with Crippen molar-refractivity contribution in [3.05, 3.63) is 25.3 Å². The molecule has 11 heavy (non-hydrogen) atoms. The summed E-state index contributed by atoms with van der Waals surface area (Å²) < 4.78 is 4.18. The lowest BCUT2D eigenvalue weighted by molar-refractivity contribution is -0.127. The fourth-order valence-electron chi connectivity index (χ4n) is 0.107. The fraction of sp³-hybridized carbons (Fsp3) is 0.143. The van der Waals surface area contributed by atoms with Crippen LogP contribution in [0, 0.1) is 0 Å². The van der Waals surface area contributed by atoms with Gasteiger partial charge in [0.15, 0.2) is 0 Å². The topological polar surface area (TPSA) is 69.4 Å². The second kappa shape index (κ2) is 11.2. The largest absolute Gasteiger partial charge is 0.464 e. The Hall–Kier alpha value is -1.58. The Morgan fingerprint density at radius 2 is 2.00 bits per heavy atom. The summed E-state index contributed by atoms with van der Waals surface area (Å²) in [4.78, 5) is 18.8. The molecule has 0 aromatic rings. The number of nitrogens with two attached hydrogens (primary N) is 1. The van der Waals surface area contributed by atoms with Crippen molar-refractivity contribution in [1.82, 2.24) is 0 Å². The van der Waals surface area contributed by atoms with Crippen molar-refractivity contribution < 1.29 is 14.3 Å². The maximum absolute atomic E-state index is 9.47. The van der Waals surface area contributed by atoms with Gasteiger partial charge in [-0.15, -0.1) is 0 Å². The molecule has 0 rings (SSSR count). The van der Waals surface area contributed by atoms with Gasteiger partial charge >= 0.3 is 0 Å². The summed E-state index contributed by atoms with van der Waals surface area (Å²) in [7, 11) is 0. The van der Waals surface area contributed by atoms with Gasteiger partial charge in [-0.25, -0.2) is 0 Å². The molecule has 0 aromatic carbocycles. The zero-order valence-corrected chi connectivity index (χ0v) is 6.16. The van der Waals surface area contributed by atoms with Crippen molar-refractivity contribution in [3.63, 3.8) is 0 Å². The molecular formula is C7H11NO3. The minimum absolute atomic E-state index is 0.309. The Bertz CT molecular complexity index is 135. The number of primary amides is 1. The lowest BCUT2D eigenvalue weighted by atomic mass is 10.6. The Kier molecular flexibility index (Phi) is 12.4. The van der Waals surface area contributed by atoms with Crippen LogP contribution in [0.3, 0.4) is 0 Å². The first-order valence-corrected chi connectivity index (χ1v) is 2.77. The molecule has 0 radical (unpaired) electrons.